The molecule has 0 bridgehead atoms. The van der Waals surface area contributed by atoms with E-state index in [2.05, 4.69) is 97.1 Å². The lowest BCUT2D eigenvalue weighted by atomic mass is 9.76. The van der Waals surface area contributed by atoms with Gasteiger partial charge in [-0.15, -0.1) is 0 Å². The molecule has 0 spiro atoms. The number of rotatable bonds is 7. The highest BCUT2D eigenvalue weighted by Crippen LogP contribution is 2.53. The second kappa shape index (κ2) is 12.5. The Labute approximate surface area is 291 Å². The second-order valence-corrected chi connectivity index (χ2v) is 13.0. The third-order valence-corrected chi connectivity index (χ3v) is 10.0. The molecular formula is C45H36O5. The van der Waals surface area contributed by atoms with Crippen LogP contribution in [-0.4, -0.2) is 20.3 Å². The van der Waals surface area contributed by atoms with Crippen LogP contribution in [0.5, 0.6) is 28.7 Å². The van der Waals surface area contributed by atoms with Crippen LogP contribution >= 0.6 is 0 Å². The van der Waals surface area contributed by atoms with E-state index in [0.29, 0.717) is 0 Å². The second-order valence-electron chi connectivity index (χ2n) is 13.0. The summed E-state index contributed by atoms with van der Waals surface area (Å²) in [6.45, 7) is 0. The molecule has 0 saturated carbocycles. The Balaban J connectivity index is 1.20. The predicted molar refractivity (Wildman–Crippen MR) is 198 cm³/mol. The molecule has 50 heavy (non-hydrogen) atoms. The van der Waals surface area contributed by atoms with Gasteiger partial charge >= 0.3 is 0 Å². The van der Waals surface area contributed by atoms with Gasteiger partial charge in [-0.05, 0) is 117 Å². The lowest BCUT2D eigenvalue weighted by Crippen LogP contribution is -2.18. The van der Waals surface area contributed by atoms with Gasteiger partial charge in [-0.2, -0.15) is 0 Å². The number of fused-ring (bicyclic) bond motifs is 7. The quantitative estimate of drug-likeness (QED) is 0.171. The summed E-state index contributed by atoms with van der Waals surface area (Å²) in [4.78, 5) is 0. The van der Waals surface area contributed by atoms with E-state index in [9.17, 15) is 0 Å². The van der Waals surface area contributed by atoms with Crippen LogP contribution in [-0.2, 0) is 15.9 Å². The highest BCUT2D eigenvalue weighted by molar-refractivity contribution is 5.93. The third-order valence-electron chi connectivity index (χ3n) is 10.0. The summed E-state index contributed by atoms with van der Waals surface area (Å²) in [5.74, 6) is 5.80. The van der Waals surface area contributed by atoms with Gasteiger partial charge in [0.05, 0.1) is 20.0 Å². The standard InChI is InChI=1S/C45H36O5/c1-46-33-15-19-35(20-16-33)48-37-13-9-29-11-23-41-44(39(29)26-37)43(32-8-7-28-5-3-4-6-31(28)25-32)45-40-27-38(14-10-30(40)12-24-42(45)50-41)49-36-21-17-34(47-2)18-22-36/h3-9,11-13,15-21,23-27,36,43H,10,14,22H2,1-2H3. The molecule has 6 aromatic carbocycles. The molecule has 5 nitrogen and oxygen atoms in total. The number of methoxy groups -OCH3 is 2. The Morgan fingerprint density at radius 3 is 2.24 bits per heavy atom. The van der Waals surface area contributed by atoms with Crippen LogP contribution in [0.3, 0.4) is 0 Å². The minimum absolute atomic E-state index is 0.0254. The number of aryl methyl sites for hydroxylation is 1. The third kappa shape index (κ3) is 5.45. The minimum atomic E-state index is -0.0920. The Kier molecular flexibility index (Phi) is 7.54. The molecule has 2 aliphatic carbocycles. The lowest BCUT2D eigenvalue weighted by molar-refractivity contribution is 0.147. The van der Waals surface area contributed by atoms with Gasteiger partial charge in [-0.1, -0.05) is 60.7 Å². The van der Waals surface area contributed by atoms with Crippen LogP contribution in [0.1, 0.15) is 46.6 Å². The van der Waals surface area contributed by atoms with Gasteiger partial charge in [-0.25, -0.2) is 0 Å². The number of benzene rings is 6. The minimum Gasteiger partial charge on any atom is -0.497 e. The van der Waals surface area contributed by atoms with Gasteiger partial charge in [0.15, 0.2) is 0 Å². The largest absolute Gasteiger partial charge is 0.497 e. The first-order chi connectivity index (χ1) is 24.6. The number of hydrogen-bond donors (Lipinski definition) is 0. The van der Waals surface area contributed by atoms with Crippen LogP contribution in [0.2, 0.25) is 0 Å². The van der Waals surface area contributed by atoms with E-state index in [1.165, 1.54) is 33.0 Å². The van der Waals surface area contributed by atoms with Gasteiger partial charge in [0, 0.05) is 29.9 Å². The van der Waals surface area contributed by atoms with Crippen molar-refractivity contribution in [2.45, 2.75) is 31.3 Å². The molecule has 9 rings (SSSR count). The molecule has 1 aliphatic heterocycles. The van der Waals surface area contributed by atoms with Crippen molar-refractivity contribution in [1.82, 2.24) is 0 Å². The normalized spacial score (nSPS) is 17.5. The zero-order valence-corrected chi connectivity index (χ0v) is 28.0. The van der Waals surface area contributed by atoms with E-state index in [0.717, 1.165) is 75.9 Å². The van der Waals surface area contributed by atoms with Gasteiger partial charge in [0.2, 0.25) is 0 Å². The van der Waals surface area contributed by atoms with Crippen molar-refractivity contribution >= 4 is 27.6 Å². The predicted octanol–water partition coefficient (Wildman–Crippen LogP) is 11.2. The molecule has 1 heterocycles. The first kappa shape index (κ1) is 30.1. The smallest absolute Gasteiger partial charge is 0.132 e. The van der Waals surface area contributed by atoms with Crippen molar-refractivity contribution in [2.24, 2.45) is 0 Å². The summed E-state index contributed by atoms with van der Waals surface area (Å²) in [5, 5.41) is 4.65. The molecule has 0 fully saturated rings. The van der Waals surface area contributed by atoms with Crippen LogP contribution < -0.4 is 14.2 Å². The summed E-state index contributed by atoms with van der Waals surface area (Å²) in [5.41, 5.74) is 6.00. The summed E-state index contributed by atoms with van der Waals surface area (Å²) < 4.78 is 30.6. The molecule has 6 aromatic rings. The molecular weight excluding hydrogens is 620 g/mol. The van der Waals surface area contributed by atoms with Gasteiger partial charge < -0.3 is 23.7 Å². The maximum absolute atomic E-state index is 6.83. The molecule has 0 saturated heterocycles. The zero-order chi connectivity index (χ0) is 33.6. The van der Waals surface area contributed by atoms with Gasteiger partial charge in [-0.3, -0.25) is 0 Å². The van der Waals surface area contributed by atoms with Crippen molar-refractivity contribution in [2.75, 3.05) is 14.2 Å². The van der Waals surface area contributed by atoms with Crippen LogP contribution in [0.25, 0.3) is 27.6 Å². The van der Waals surface area contributed by atoms with Crippen molar-refractivity contribution in [1.29, 1.82) is 0 Å². The highest BCUT2D eigenvalue weighted by Gasteiger charge is 2.34. The van der Waals surface area contributed by atoms with Gasteiger partial charge in [0.1, 0.15) is 40.6 Å². The summed E-state index contributed by atoms with van der Waals surface area (Å²) >= 11 is 0. The molecule has 246 valence electrons. The molecule has 2 atom stereocenters. The maximum atomic E-state index is 6.83. The van der Waals surface area contributed by atoms with E-state index in [1.54, 1.807) is 14.2 Å². The molecule has 0 amide bonds. The van der Waals surface area contributed by atoms with Crippen LogP contribution in [0, 0.1) is 0 Å². The Morgan fingerprint density at radius 2 is 1.42 bits per heavy atom. The molecule has 2 unspecified atom stereocenters. The Hall–Kier alpha value is -5.94. The highest BCUT2D eigenvalue weighted by atomic mass is 16.5. The first-order valence-electron chi connectivity index (χ1n) is 17.1. The molecule has 0 aromatic heterocycles. The SMILES string of the molecule is COC1=CCC(OC2=Cc3c(ccc4c3C(c3ccc5ccccc5c3)c3c(ccc5ccc(Oc6ccc(OC)cc6)cc35)O4)CC2)C=C1. The number of ether oxygens (including phenoxy) is 5. The first-order valence-corrected chi connectivity index (χ1v) is 17.1. The van der Waals surface area contributed by atoms with Crippen molar-refractivity contribution in [3.63, 3.8) is 0 Å². The average Bonchev–Trinajstić information content (AvgIpc) is 3.17. The zero-order valence-electron chi connectivity index (χ0n) is 28.0. The number of hydrogen-bond acceptors (Lipinski definition) is 5. The fraction of sp³-hybridized carbons (Fsp3) is 0.156. The van der Waals surface area contributed by atoms with Crippen molar-refractivity contribution in [3.8, 4) is 28.7 Å². The van der Waals surface area contributed by atoms with Crippen LogP contribution in [0.15, 0.2) is 139 Å². The topological polar surface area (TPSA) is 46.2 Å². The van der Waals surface area contributed by atoms with E-state index >= 15 is 0 Å². The molecule has 5 heteroatoms. The van der Waals surface area contributed by atoms with E-state index in [1.807, 2.05) is 36.4 Å². The summed E-state index contributed by atoms with van der Waals surface area (Å²) in [6, 6.07) is 38.0. The van der Waals surface area contributed by atoms with Crippen molar-refractivity contribution in [3.05, 3.63) is 167 Å². The fourth-order valence-electron chi connectivity index (χ4n) is 7.55. The Morgan fingerprint density at radius 1 is 0.660 bits per heavy atom. The fourth-order valence-corrected chi connectivity index (χ4v) is 7.55. The summed E-state index contributed by atoms with van der Waals surface area (Å²) in [6.07, 6.45) is 10.9. The van der Waals surface area contributed by atoms with Crippen molar-refractivity contribution < 1.29 is 23.7 Å². The molecule has 3 aliphatic rings. The molecule has 0 N–H and O–H groups in total. The van der Waals surface area contributed by atoms with Crippen LogP contribution in [0.4, 0.5) is 0 Å². The lowest BCUT2D eigenvalue weighted by Gasteiger charge is -2.33. The summed E-state index contributed by atoms with van der Waals surface area (Å²) in [7, 11) is 3.36. The Bertz CT molecular complexity index is 2360. The average molecular weight is 657 g/mol. The van der Waals surface area contributed by atoms with E-state index in [4.69, 9.17) is 23.7 Å². The number of allylic oxidation sites excluding steroid dienone is 2. The molecule has 0 radical (unpaired) electrons. The van der Waals surface area contributed by atoms with Gasteiger partial charge in [0.25, 0.3) is 0 Å². The maximum Gasteiger partial charge on any atom is 0.132 e. The van der Waals surface area contributed by atoms with E-state index in [-0.39, 0.29) is 12.0 Å². The monoisotopic (exact) mass is 656 g/mol. The van der Waals surface area contributed by atoms with E-state index < -0.39 is 0 Å².